The number of aromatic nitrogens is 1. The number of halogens is 3. The molecule has 6 nitrogen and oxygen atoms in total. The van der Waals surface area contributed by atoms with Crippen LogP contribution in [0.3, 0.4) is 0 Å². The Morgan fingerprint density at radius 1 is 1.23 bits per heavy atom. The van der Waals surface area contributed by atoms with Crippen LogP contribution < -0.4 is 4.74 Å². The highest BCUT2D eigenvalue weighted by atomic mass is 19.4. The second-order valence-electron chi connectivity index (χ2n) is 6.48. The van der Waals surface area contributed by atoms with Crippen molar-refractivity contribution in [2.24, 2.45) is 5.16 Å². The van der Waals surface area contributed by atoms with Crippen molar-refractivity contribution in [3.8, 4) is 18.1 Å². The molecular formula is C22H17F3N2O4. The lowest BCUT2D eigenvalue weighted by Crippen LogP contribution is -2.05. The highest BCUT2D eigenvalue weighted by Gasteiger charge is 2.29. The number of benzene rings is 2. The molecule has 1 heterocycles. The predicted molar refractivity (Wildman–Crippen MR) is 108 cm³/mol. The number of carboxylic acid groups (broad SMARTS) is 1. The van der Waals surface area contributed by atoms with Gasteiger partial charge in [0, 0.05) is 22.7 Å². The number of nitrogens with zero attached hydrogens (tertiary/aromatic N) is 2. The van der Waals surface area contributed by atoms with Gasteiger partial charge in [0.25, 0.3) is 0 Å². The van der Waals surface area contributed by atoms with E-state index < -0.39 is 24.3 Å². The molecule has 0 aliphatic rings. The number of terminal acetylenes is 1. The molecule has 0 saturated carbocycles. The molecule has 0 unspecified atom stereocenters. The molecule has 0 aliphatic carbocycles. The van der Waals surface area contributed by atoms with Crippen LogP contribution in [0.25, 0.3) is 10.9 Å². The van der Waals surface area contributed by atoms with Crippen molar-refractivity contribution < 1.29 is 32.6 Å². The lowest BCUT2D eigenvalue weighted by atomic mass is 10.1. The molecule has 3 aromatic rings. The molecule has 3 rings (SSSR count). The third kappa shape index (κ3) is 5.57. The first-order valence-corrected chi connectivity index (χ1v) is 9.00. The zero-order valence-corrected chi connectivity index (χ0v) is 16.1. The highest BCUT2D eigenvalue weighted by Crippen LogP contribution is 2.30. The monoisotopic (exact) mass is 430 g/mol. The number of rotatable bonds is 8. The van der Waals surface area contributed by atoms with Gasteiger partial charge in [0.1, 0.15) is 12.4 Å². The van der Waals surface area contributed by atoms with Crippen LogP contribution in [0.1, 0.15) is 16.7 Å². The Kier molecular flexibility index (Phi) is 6.50. The largest absolute Gasteiger partial charge is 0.489 e. The van der Waals surface area contributed by atoms with Gasteiger partial charge in [-0.15, -0.1) is 6.42 Å². The number of oxime groups is 1. The molecule has 1 aromatic heterocycles. The number of carboxylic acids is 1. The molecule has 0 amide bonds. The standard InChI is InChI=1S/C22H17F3N2O4/c1-2-9-27-12-16(11-26-31-14-21(28)29)19-10-18(7-8-20(19)27)30-13-15-3-5-17(6-4-15)22(23,24)25/h1,3-8,10-12H,9,13-14H2,(H,28,29)/b26-11+. The van der Waals surface area contributed by atoms with Gasteiger partial charge in [-0.3, -0.25) is 0 Å². The van der Waals surface area contributed by atoms with E-state index in [2.05, 4.69) is 11.1 Å². The maximum absolute atomic E-state index is 12.7. The van der Waals surface area contributed by atoms with E-state index in [1.54, 1.807) is 24.4 Å². The Morgan fingerprint density at radius 2 is 1.97 bits per heavy atom. The number of carbonyl (C=O) groups is 1. The normalized spacial score (nSPS) is 11.5. The lowest BCUT2D eigenvalue weighted by molar-refractivity contribution is -0.142. The van der Waals surface area contributed by atoms with Crippen molar-refractivity contribution in [3.63, 3.8) is 0 Å². The number of fused-ring (bicyclic) bond motifs is 1. The third-order valence-corrected chi connectivity index (χ3v) is 4.29. The minimum atomic E-state index is -4.39. The smallest absolute Gasteiger partial charge is 0.416 e. The molecule has 160 valence electrons. The summed E-state index contributed by atoms with van der Waals surface area (Å²) >= 11 is 0. The van der Waals surface area contributed by atoms with Gasteiger partial charge in [-0.1, -0.05) is 23.2 Å². The van der Waals surface area contributed by atoms with Crippen LogP contribution in [0.2, 0.25) is 0 Å². The van der Waals surface area contributed by atoms with E-state index >= 15 is 0 Å². The molecule has 0 aliphatic heterocycles. The molecule has 0 atom stereocenters. The number of ether oxygens (including phenoxy) is 1. The fourth-order valence-corrected chi connectivity index (χ4v) is 2.87. The molecule has 0 saturated heterocycles. The molecule has 0 fully saturated rings. The molecular weight excluding hydrogens is 413 g/mol. The van der Waals surface area contributed by atoms with E-state index in [4.69, 9.17) is 21.1 Å². The summed E-state index contributed by atoms with van der Waals surface area (Å²) in [6.45, 7) is -0.174. The fourth-order valence-electron chi connectivity index (χ4n) is 2.87. The SMILES string of the molecule is C#CCn1cc(/C=N/OCC(=O)O)c2cc(OCc3ccc(C(F)(F)F)cc3)ccc21. The Labute approximate surface area is 175 Å². The minimum absolute atomic E-state index is 0.0832. The van der Waals surface area contributed by atoms with E-state index in [0.717, 1.165) is 23.0 Å². The Morgan fingerprint density at radius 3 is 2.61 bits per heavy atom. The first-order valence-electron chi connectivity index (χ1n) is 9.00. The van der Waals surface area contributed by atoms with Crippen molar-refractivity contribution in [3.05, 3.63) is 65.4 Å². The van der Waals surface area contributed by atoms with E-state index in [-0.39, 0.29) is 6.61 Å². The number of aliphatic carboxylic acids is 1. The molecule has 0 spiro atoms. The van der Waals surface area contributed by atoms with Gasteiger partial charge >= 0.3 is 12.1 Å². The topological polar surface area (TPSA) is 73.1 Å². The van der Waals surface area contributed by atoms with Crippen LogP contribution in [-0.4, -0.2) is 28.5 Å². The molecule has 1 N–H and O–H groups in total. The van der Waals surface area contributed by atoms with Gasteiger partial charge in [0.2, 0.25) is 6.61 Å². The zero-order valence-electron chi connectivity index (χ0n) is 16.1. The summed E-state index contributed by atoms with van der Waals surface area (Å²) in [7, 11) is 0. The Hall–Kier alpha value is -3.93. The van der Waals surface area contributed by atoms with Crippen molar-refractivity contribution in [1.82, 2.24) is 4.57 Å². The second kappa shape index (κ2) is 9.26. The van der Waals surface area contributed by atoms with E-state index in [1.165, 1.54) is 18.3 Å². The maximum Gasteiger partial charge on any atom is 0.416 e. The van der Waals surface area contributed by atoms with Crippen LogP contribution in [0.15, 0.2) is 53.8 Å². The lowest BCUT2D eigenvalue weighted by Gasteiger charge is -2.09. The van der Waals surface area contributed by atoms with E-state index in [1.807, 2.05) is 4.57 Å². The molecule has 2 aromatic carbocycles. The van der Waals surface area contributed by atoms with Crippen LogP contribution in [-0.2, 0) is 29.0 Å². The predicted octanol–water partition coefficient (Wildman–Crippen LogP) is 4.31. The number of alkyl halides is 3. The summed E-state index contributed by atoms with van der Waals surface area (Å²) < 4.78 is 45.5. The molecule has 9 heteroatoms. The van der Waals surface area contributed by atoms with Crippen LogP contribution in [0.5, 0.6) is 5.75 Å². The van der Waals surface area contributed by atoms with Crippen LogP contribution in [0, 0.1) is 12.3 Å². The van der Waals surface area contributed by atoms with Crippen LogP contribution in [0.4, 0.5) is 13.2 Å². The third-order valence-electron chi connectivity index (χ3n) is 4.29. The highest BCUT2D eigenvalue weighted by molar-refractivity contribution is 6.00. The zero-order chi connectivity index (χ0) is 22.4. The summed E-state index contributed by atoms with van der Waals surface area (Å²) in [6, 6.07) is 10.0. The quantitative estimate of drug-likeness (QED) is 0.328. The van der Waals surface area contributed by atoms with Crippen molar-refractivity contribution >= 4 is 23.1 Å². The van der Waals surface area contributed by atoms with Crippen molar-refractivity contribution in [2.75, 3.05) is 6.61 Å². The Balaban J connectivity index is 1.79. The summed E-state index contributed by atoms with van der Waals surface area (Å²) in [4.78, 5) is 15.2. The summed E-state index contributed by atoms with van der Waals surface area (Å²) in [5.41, 5.74) is 1.30. The molecule has 31 heavy (non-hydrogen) atoms. The Bertz CT molecular complexity index is 1140. The molecule has 0 bridgehead atoms. The number of hydrogen-bond donors (Lipinski definition) is 1. The van der Waals surface area contributed by atoms with Gasteiger partial charge in [0.15, 0.2) is 0 Å². The maximum atomic E-state index is 12.7. The van der Waals surface area contributed by atoms with Crippen LogP contribution >= 0.6 is 0 Å². The van der Waals surface area contributed by atoms with Gasteiger partial charge in [0.05, 0.1) is 18.3 Å². The van der Waals surface area contributed by atoms with Gasteiger partial charge in [-0.25, -0.2) is 4.79 Å². The second-order valence-corrected chi connectivity index (χ2v) is 6.48. The van der Waals surface area contributed by atoms with Gasteiger partial charge in [-0.2, -0.15) is 13.2 Å². The van der Waals surface area contributed by atoms with Gasteiger partial charge in [-0.05, 0) is 35.9 Å². The minimum Gasteiger partial charge on any atom is -0.489 e. The molecule has 0 radical (unpaired) electrons. The first kappa shape index (κ1) is 21.8. The number of hydrogen-bond acceptors (Lipinski definition) is 4. The summed E-state index contributed by atoms with van der Waals surface area (Å²) in [5.74, 6) is 1.89. The van der Waals surface area contributed by atoms with Crippen molar-refractivity contribution in [1.29, 1.82) is 0 Å². The van der Waals surface area contributed by atoms with Crippen molar-refractivity contribution in [2.45, 2.75) is 19.3 Å². The summed E-state index contributed by atoms with van der Waals surface area (Å²) in [5, 5.41) is 13.0. The van der Waals surface area contributed by atoms with E-state index in [9.17, 15) is 18.0 Å². The fraction of sp³-hybridized carbons (Fsp3) is 0.182. The summed E-state index contributed by atoms with van der Waals surface area (Å²) in [6.07, 6.45) is 4.14. The van der Waals surface area contributed by atoms with Gasteiger partial charge < -0.3 is 19.2 Å². The van der Waals surface area contributed by atoms with E-state index in [0.29, 0.717) is 23.4 Å². The first-order chi connectivity index (χ1) is 14.8. The average Bonchev–Trinajstić information content (AvgIpc) is 3.06. The average molecular weight is 430 g/mol.